The number of hydrogen-bond donors (Lipinski definition) is 1. The third-order valence-corrected chi connectivity index (χ3v) is 3.50. The molecule has 0 saturated heterocycles. The van der Waals surface area contributed by atoms with Crippen LogP contribution >= 0.6 is 0 Å². The highest BCUT2D eigenvalue weighted by atomic mass is 16.2. The molecule has 0 aliphatic heterocycles. The van der Waals surface area contributed by atoms with Crippen LogP contribution in [0.5, 0.6) is 0 Å². The van der Waals surface area contributed by atoms with Gasteiger partial charge in [0.15, 0.2) is 0 Å². The van der Waals surface area contributed by atoms with Gasteiger partial charge in [0.05, 0.1) is 6.54 Å². The first-order valence-electron chi connectivity index (χ1n) is 6.37. The Morgan fingerprint density at radius 2 is 2.00 bits per heavy atom. The Kier molecular flexibility index (Phi) is 5.77. The SMILES string of the molecule is CCN(C)C(=O)CN(CCN)C1CCCC1. The molecule has 0 aromatic carbocycles. The van der Waals surface area contributed by atoms with E-state index in [0.29, 0.717) is 19.1 Å². The summed E-state index contributed by atoms with van der Waals surface area (Å²) in [5.74, 6) is 0.211. The molecule has 0 atom stereocenters. The van der Waals surface area contributed by atoms with E-state index < -0.39 is 0 Å². The zero-order chi connectivity index (χ0) is 12.0. The van der Waals surface area contributed by atoms with Crippen molar-refractivity contribution in [3.63, 3.8) is 0 Å². The fraction of sp³-hybridized carbons (Fsp3) is 0.917. The van der Waals surface area contributed by atoms with Gasteiger partial charge in [-0.05, 0) is 19.8 Å². The van der Waals surface area contributed by atoms with Crippen molar-refractivity contribution >= 4 is 5.91 Å². The van der Waals surface area contributed by atoms with Gasteiger partial charge in [-0.1, -0.05) is 12.8 Å². The summed E-state index contributed by atoms with van der Waals surface area (Å²) in [7, 11) is 1.86. The smallest absolute Gasteiger partial charge is 0.236 e. The molecule has 4 nitrogen and oxygen atoms in total. The summed E-state index contributed by atoms with van der Waals surface area (Å²) in [5, 5.41) is 0. The molecule has 1 rings (SSSR count). The van der Waals surface area contributed by atoms with Crippen LogP contribution < -0.4 is 5.73 Å². The van der Waals surface area contributed by atoms with Gasteiger partial charge in [0.2, 0.25) is 5.91 Å². The summed E-state index contributed by atoms with van der Waals surface area (Å²) in [6.45, 7) is 4.79. The van der Waals surface area contributed by atoms with E-state index in [4.69, 9.17) is 5.73 Å². The first kappa shape index (κ1) is 13.5. The predicted octanol–water partition coefficient (Wildman–Crippen LogP) is 0.668. The van der Waals surface area contributed by atoms with Crippen molar-refractivity contribution < 1.29 is 4.79 Å². The van der Waals surface area contributed by atoms with Gasteiger partial charge in [-0.15, -0.1) is 0 Å². The molecule has 94 valence electrons. The van der Waals surface area contributed by atoms with Crippen LogP contribution in [-0.2, 0) is 4.79 Å². The number of likely N-dealkylation sites (N-methyl/N-ethyl adjacent to an activating group) is 1. The summed E-state index contributed by atoms with van der Waals surface area (Å²) in [4.78, 5) is 15.9. The molecule has 0 aromatic rings. The zero-order valence-electron chi connectivity index (χ0n) is 10.6. The highest BCUT2D eigenvalue weighted by molar-refractivity contribution is 5.77. The van der Waals surface area contributed by atoms with Crippen molar-refractivity contribution in [2.75, 3.05) is 33.2 Å². The Labute approximate surface area is 98.8 Å². The fourth-order valence-electron chi connectivity index (χ4n) is 2.30. The molecule has 1 saturated carbocycles. The van der Waals surface area contributed by atoms with Crippen molar-refractivity contribution in [2.45, 2.75) is 38.6 Å². The van der Waals surface area contributed by atoms with E-state index in [2.05, 4.69) is 4.90 Å². The highest BCUT2D eigenvalue weighted by Gasteiger charge is 2.24. The Bertz CT molecular complexity index is 214. The summed E-state index contributed by atoms with van der Waals surface area (Å²) in [6.07, 6.45) is 5.04. The number of rotatable bonds is 6. The van der Waals surface area contributed by atoms with Crippen molar-refractivity contribution in [3.8, 4) is 0 Å². The molecule has 1 fully saturated rings. The van der Waals surface area contributed by atoms with Gasteiger partial charge in [-0.3, -0.25) is 9.69 Å². The van der Waals surface area contributed by atoms with Gasteiger partial charge in [0, 0.05) is 32.7 Å². The van der Waals surface area contributed by atoms with Gasteiger partial charge in [-0.2, -0.15) is 0 Å². The monoisotopic (exact) mass is 227 g/mol. The number of nitrogens with two attached hydrogens (primary N) is 1. The van der Waals surface area contributed by atoms with Crippen molar-refractivity contribution in [3.05, 3.63) is 0 Å². The topological polar surface area (TPSA) is 49.6 Å². The standard InChI is InChI=1S/C12H25N3O/c1-3-14(2)12(16)10-15(9-8-13)11-6-4-5-7-11/h11H,3-10,13H2,1-2H3. The predicted molar refractivity (Wildman–Crippen MR) is 66.2 cm³/mol. The highest BCUT2D eigenvalue weighted by Crippen LogP contribution is 2.23. The van der Waals surface area contributed by atoms with Crippen LogP contribution in [0.25, 0.3) is 0 Å². The van der Waals surface area contributed by atoms with Gasteiger partial charge >= 0.3 is 0 Å². The number of carbonyl (C=O) groups is 1. The second-order valence-corrected chi connectivity index (χ2v) is 4.61. The fourth-order valence-corrected chi connectivity index (χ4v) is 2.30. The van der Waals surface area contributed by atoms with E-state index in [9.17, 15) is 4.79 Å². The number of amides is 1. The molecule has 1 aliphatic rings. The summed E-state index contributed by atoms with van der Waals surface area (Å²) in [6, 6.07) is 0.581. The van der Waals surface area contributed by atoms with Gasteiger partial charge in [0.25, 0.3) is 0 Å². The number of hydrogen-bond acceptors (Lipinski definition) is 3. The Morgan fingerprint density at radius 1 is 1.38 bits per heavy atom. The van der Waals surface area contributed by atoms with Crippen molar-refractivity contribution in [2.24, 2.45) is 5.73 Å². The quantitative estimate of drug-likeness (QED) is 0.725. The van der Waals surface area contributed by atoms with Crippen LogP contribution in [0.15, 0.2) is 0 Å². The molecule has 16 heavy (non-hydrogen) atoms. The molecule has 4 heteroatoms. The normalized spacial score (nSPS) is 17.0. The van der Waals surface area contributed by atoms with Crippen LogP contribution in [0.4, 0.5) is 0 Å². The van der Waals surface area contributed by atoms with E-state index in [1.807, 2.05) is 14.0 Å². The molecular formula is C12H25N3O. The third-order valence-electron chi connectivity index (χ3n) is 3.50. The van der Waals surface area contributed by atoms with Gasteiger partial charge in [0.1, 0.15) is 0 Å². The van der Waals surface area contributed by atoms with E-state index >= 15 is 0 Å². The Morgan fingerprint density at radius 3 is 2.50 bits per heavy atom. The van der Waals surface area contributed by atoms with Crippen LogP contribution in [-0.4, -0.2) is 55.0 Å². The molecule has 0 radical (unpaired) electrons. The molecule has 0 heterocycles. The molecule has 2 N–H and O–H groups in total. The lowest BCUT2D eigenvalue weighted by atomic mass is 10.2. The Hall–Kier alpha value is -0.610. The maximum atomic E-state index is 11.9. The van der Waals surface area contributed by atoms with E-state index in [-0.39, 0.29) is 5.91 Å². The molecule has 0 bridgehead atoms. The summed E-state index contributed by atoms with van der Waals surface area (Å²) >= 11 is 0. The molecular weight excluding hydrogens is 202 g/mol. The van der Waals surface area contributed by atoms with E-state index in [1.165, 1.54) is 25.7 Å². The minimum absolute atomic E-state index is 0.211. The lowest BCUT2D eigenvalue weighted by Gasteiger charge is -2.29. The largest absolute Gasteiger partial charge is 0.345 e. The van der Waals surface area contributed by atoms with Crippen molar-refractivity contribution in [1.82, 2.24) is 9.80 Å². The van der Waals surface area contributed by atoms with E-state index in [0.717, 1.165) is 13.1 Å². The second kappa shape index (κ2) is 6.86. The lowest BCUT2D eigenvalue weighted by molar-refractivity contribution is -0.131. The minimum Gasteiger partial charge on any atom is -0.345 e. The van der Waals surface area contributed by atoms with E-state index in [1.54, 1.807) is 4.90 Å². The van der Waals surface area contributed by atoms with Crippen LogP contribution in [0.3, 0.4) is 0 Å². The number of nitrogens with zero attached hydrogens (tertiary/aromatic N) is 2. The van der Waals surface area contributed by atoms with Crippen LogP contribution in [0.2, 0.25) is 0 Å². The summed E-state index contributed by atoms with van der Waals surface area (Å²) < 4.78 is 0. The minimum atomic E-state index is 0.211. The second-order valence-electron chi connectivity index (χ2n) is 4.61. The summed E-state index contributed by atoms with van der Waals surface area (Å²) in [5.41, 5.74) is 5.61. The maximum Gasteiger partial charge on any atom is 0.236 e. The lowest BCUT2D eigenvalue weighted by Crippen LogP contribution is -2.44. The average Bonchev–Trinajstić information content (AvgIpc) is 2.80. The maximum absolute atomic E-state index is 11.9. The van der Waals surface area contributed by atoms with Gasteiger partial charge in [-0.25, -0.2) is 0 Å². The van der Waals surface area contributed by atoms with Crippen LogP contribution in [0.1, 0.15) is 32.6 Å². The molecule has 0 spiro atoms. The first-order valence-corrected chi connectivity index (χ1v) is 6.37. The van der Waals surface area contributed by atoms with Gasteiger partial charge < -0.3 is 10.6 Å². The number of carbonyl (C=O) groups excluding carboxylic acids is 1. The Balaban J connectivity index is 2.46. The molecule has 1 aliphatic carbocycles. The zero-order valence-corrected chi connectivity index (χ0v) is 10.6. The van der Waals surface area contributed by atoms with Crippen LogP contribution in [0, 0.1) is 0 Å². The third kappa shape index (κ3) is 3.76. The molecule has 1 amide bonds. The molecule has 0 unspecified atom stereocenters. The first-order chi connectivity index (χ1) is 7.69. The molecule has 0 aromatic heterocycles. The van der Waals surface area contributed by atoms with Crippen molar-refractivity contribution in [1.29, 1.82) is 0 Å². The average molecular weight is 227 g/mol.